The molecular formula is C28H28N4O2. The van der Waals surface area contributed by atoms with Crippen LogP contribution in [0.1, 0.15) is 52.1 Å². The maximum absolute atomic E-state index is 13.0. The van der Waals surface area contributed by atoms with Gasteiger partial charge in [-0.1, -0.05) is 42.7 Å². The van der Waals surface area contributed by atoms with E-state index in [1.165, 1.54) is 0 Å². The van der Waals surface area contributed by atoms with Gasteiger partial charge in [-0.2, -0.15) is 0 Å². The summed E-state index contributed by atoms with van der Waals surface area (Å²) < 4.78 is 0. The zero-order valence-corrected chi connectivity index (χ0v) is 19.2. The van der Waals surface area contributed by atoms with Crippen molar-refractivity contribution in [2.24, 2.45) is 0 Å². The van der Waals surface area contributed by atoms with E-state index in [0.29, 0.717) is 11.3 Å². The summed E-state index contributed by atoms with van der Waals surface area (Å²) >= 11 is 0. The highest BCUT2D eigenvalue weighted by Gasteiger charge is 2.28. The zero-order chi connectivity index (χ0) is 23.5. The molecule has 2 heterocycles. The monoisotopic (exact) mass is 452 g/mol. The molecule has 6 heteroatoms. The Labute approximate surface area is 198 Å². The molecule has 5 rings (SSSR count). The van der Waals surface area contributed by atoms with Crippen molar-refractivity contribution in [3.8, 4) is 11.3 Å². The van der Waals surface area contributed by atoms with Gasteiger partial charge in [0.15, 0.2) is 0 Å². The first-order chi connectivity index (χ1) is 16.6. The summed E-state index contributed by atoms with van der Waals surface area (Å²) in [5.41, 5.74) is 5.08. The molecule has 3 N–H and O–H groups in total. The number of carbonyl (C=O) groups excluding carboxylic acids is 2. The smallest absolute Gasteiger partial charge is 0.268 e. The van der Waals surface area contributed by atoms with E-state index in [1.54, 1.807) is 6.20 Å². The van der Waals surface area contributed by atoms with Crippen molar-refractivity contribution in [3.63, 3.8) is 0 Å². The Hall–Kier alpha value is -3.93. The van der Waals surface area contributed by atoms with E-state index in [0.717, 1.165) is 53.4 Å². The number of H-pyrrole nitrogens is 1. The first-order valence-corrected chi connectivity index (χ1v) is 11.8. The van der Waals surface area contributed by atoms with Gasteiger partial charge in [0.1, 0.15) is 5.69 Å². The quantitative estimate of drug-likeness (QED) is 0.398. The maximum atomic E-state index is 13.0. The Morgan fingerprint density at radius 2 is 1.62 bits per heavy atom. The molecule has 1 fully saturated rings. The van der Waals surface area contributed by atoms with E-state index in [4.69, 9.17) is 0 Å². The molecule has 1 saturated carbocycles. The molecule has 0 unspecified atom stereocenters. The van der Waals surface area contributed by atoms with Crippen LogP contribution in [0.2, 0.25) is 0 Å². The van der Waals surface area contributed by atoms with Crippen molar-refractivity contribution in [2.45, 2.75) is 44.7 Å². The molecule has 0 aliphatic heterocycles. The summed E-state index contributed by atoms with van der Waals surface area (Å²) in [7, 11) is 0. The van der Waals surface area contributed by atoms with E-state index in [1.807, 2.05) is 67.6 Å². The largest absolute Gasteiger partial charge is 0.351 e. The predicted octanol–water partition coefficient (Wildman–Crippen LogP) is 5.01. The van der Waals surface area contributed by atoms with Crippen LogP contribution in [-0.2, 0) is 0 Å². The highest BCUT2D eigenvalue weighted by molar-refractivity contribution is 5.98. The number of aryl methyl sites for hydroxylation is 1. The summed E-state index contributed by atoms with van der Waals surface area (Å²) in [6.07, 6.45) is 5.50. The highest BCUT2D eigenvalue weighted by Crippen LogP contribution is 2.22. The Balaban J connectivity index is 1.26. The van der Waals surface area contributed by atoms with Gasteiger partial charge in [0.05, 0.1) is 5.69 Å². The fourth-order valence-corrected chi connectivity index (χ4v) is 4.67. The van der Waals surface area contributed by atoms with Gasteiger partial charge in [0.25, 0.3) is 11.8 Å². The normalized spacial score (nSPS) is 17.9. The number of aromatic nitrogens is 2. The maximum Gasteiger partial charge on any atom is 0.268 e. The first-order valence-electron chi connectivity index (χ1n) is 11.8. The van der Waals surface area contributed by atoms with Gasteiger partial charge in [-0.15, -0.1) is 0 Å². The molecule has 34 heavy (non-hydrogen) atoms. The number of hydrogen-bond acceptors (Lipinski definition) is 3. The minimum Gasteiger partial charge on any atom is -0.351 e. The molecule has 0 bridgehead atoms. The van der Waals surface area contributed by atoms with Crippen molar-refractivity contribution in [3.05, 3.63) is 89.7 Å². The number of aromatic amines is 1. The lowest BCUT2D eigenvalue weighted by Crippen LogP contribution is -2.53. The summed E-state index contributed by atoms with van der Waals surface area (Å²) in [6.45, 7) is 2.04. The van der Waals surface area contributed by atoms with Gasteiger partial charge in [-0.05, 0) is 62.2 Å². The molecule has 2 aromatic heterocycles. The summed E-state index contributed by atoms with van der Waals surface area (Å²) in [6, 6.07) is 21.0. The third kappa shape index (κ3) is 4.71. The van der Waals surface area contributed by atoms with Gasteiger partial charge < -0.3 is 15.6 Å². The fraction of sp³-hybridized carbons (Fsp3) is 0.250. The lowest BCUT2D eigenvalue weighted by molar-refractivity contribution is 0.0860. The number of amides is 2. The number of pyridine rings is 1. The average molecular weight is 453 g/mol. The molecule has 2 aromatic carbocycles. The number of fused-ring (bicyclic) bond motifs is 1. The number of nitrogens with zero attached hydrogens (tertiary/aromatic N) is 1. The van der Waals surface area contributed by atoms with Crippen LogP contribution in [0.25, 0.3) is 22.2 Å². The number of rotatable bonds is 5. The highest BCUT2D eigenvalue weighted by atomic mass is 16.2. The number of benzene rings is 2. The molecule has 2 amide bonds. The standard InChI is InChI=1S/C28H28N4O2/c1-18-9-14-23-21(16-18)17-26(30-23)28(34)32-25-8-3-2-7-24(25)31-27(33)20-12-10-19(11-13-20)22-6-4-5-15-29-22/h4-6,9-17,24-25,30H,2-3,7-8H2,1H3,(H,31,33)(H,32,34)/t24-,25+/m1/s1. The van der Waals surface area contributed by atoms with Crippen LogP contribution in [0.15, 0.2) is 72.9 Å². The van der Waals surface area contributed by atoms with Crippen LogP contribution < -0.4 is 10.6 Å². The zero-order valence-electron chi connectivity index (χ0n) is 19.2. The Kier molecular flexibility index (Phi) is 6.12. The fourth-order valence-electron chi connectivity index (χ4n) is 4.67. The number of hydrogen-bond donors (Lipinski definition) is 3. The van der Waals surface area contributed by atoms with Crippen molar-refractivity contribution >= 4 is 22.7 Å². The van der Waals surface area contributed by atoms with Crippen LogP contribution in [0.4, 0.5) is 0 Å². The lowest BCUT2D eigenvalue weighted by Gasteiger charge is -2.32. The van der Waals surface area contributed by atoms with Gasteiger partial charge >= 0.3 is 0 Å². The minimum atomic E-state index is -0.139. The minimum absolute atomic E-state index is 0.104. The van der Waals surface area contributed by atoms with E-state index < -0.39 is 0 Å². The molecule has 6 nitrogen and oxygen atoms in total. The van der Waals surface area contributed by atoms with Crippen molar-refractivity contribution in [1.29, 1.82) is 0 Å². The first kappa shape index (κ1) is 21.9. The third-order valence-electron chi connectivity index (χ3n) is 6.53. The molecular weight excluding hydrogens is 424 g/mol. The summed E-state index contributed by atoms with van der Waals surface area (Å²) in [5, 5.41) is 7.33. The molecule has 2 atom stereocenters. The van der Waals surface area contributed by atoms with Crippen LogP contribution in [0.5, 0.6) is 0 Å². The second-order valence-corrected chi connectivity index (χ2v) is 9.01. The van der Waals surface area contributed by atoms with Crippen molar-refractivity contribution in [1.82, 2.24) is 20.6 Å². The summed E-state index contributed by atoms with van der Waals surface area (Å²) in [4.78, 5) is 33.5. The SMILES string of the molecule is Cc1ccc2[nH]c(C(=O)N[C@H]3CCCC[C@H]3NC(=O)c3ccc(-c4ccccn4)cc3)cc2c1. The summed E-state index contributed by atoms with van der Waals surface area (Å²) in [5.74, 6) is -0.264. The van der Waals surface area contributed by atoms with Crippen LogP contribution in [0, 0.1) is 6.92 Å². The molecule has 1 aliphatic rings. The van der Waals surface area contributed by atoms with Gasteiger partial charge in [-0.25, -0.2) is 0 Å². The molecule has 1 aliphatic carbocycles. The van der Waals surface area contributed by atoms with Gasteiger partial charge in [0, 0.05) is 40.3 Å². The van der Waals surface area contributed by atoms with Gasteiger partial charge in [-0.3, -0.25) is 14.6 Å². The topological polar surface area (TPSA) is 86.9 Å². The van der Waals surface area contributed by atoms with Crippen molar-refractivity contribution < 1.29 is 9.59 Å². The predicted molar refractivity (Wildman–Crippen MR) is 134 cm³/mol. The van der Waals surface area contributed by atoms with Crippen LogP contribution in [0.3, 0.4) is 0 Å². The average Bonchev–Trinajstić information content (AvgIpc) is 3.29. The molecule has 0 spiro atoms. The molecule has 0 radical (unpaired) electrons. The third-order valence-corrected chi connectivity index (χ3v) is 6.53. The van der Waals surface area contributed by atoms with E-state index in [9.17, 15) is 9.59 Å². The number of nitrogens with one attached hydrogen (secondary N) is 3. The second kappa shape index (κ2) is 9.51. The van der Waals surface area contributed by atoms with Crippen molar-refractivity contribution in [2.75, 3.05) is 0 Å². The molecule has 172 valence electrons. The number of carbonyl (C=O) groups is 2. The molecule has 0 saturated heterocycles. The van der Waals surface area contributed by atoms with Crippen LogP contribution >= 0.6 is 0 Å². The Bertz CT molecular complexity index is 1310. The Morgan fingerprint density at radius 3 is 2.32 bits per heavy atom. The van der Waals surface area contributed by atoms with Crippen LogP contribution in [-0.4, -0.2) is 33.9 Å². The lowest BCUT2D eigenvalue weighted by atomic mass is 9.90. The second-order valence-electron chi connectivity index (χ2n) is 9.01. The van der Waals surface area contributed by atoms with E-state index in [2.05, 4.69) is 26.7 Å². The van der Waals surface area contributed by atoms with E-state index in [-0.39, 0.29) is 23.9 Å². The van der Waals surface area contributed by atoms with Gasteiger partial charge in [0.2, 0.25) is 0 Å². The molecule has 4 aromatic rings. The Morgan fingerprint density at radius 1 is 0.882 bits per heavy atom. The van der Waals surface area contributed by atoms with E-state index >= 15 is 0 Å².